The summed E-state index contributed by atoms with van der Waals surface area (Å²) in [5.41, 5.74) is 1.05. The standard InChI is InChI=1S/C17H21NO/c1-3-4-13-5-9-16(10-6-13)19-17-11-14-7-8-15(12-17)18(14)2/h5-6,9-10,14-15,17H,7-8,11-12H2,1-2H3. The van der Waals surface area contributed by atoms with Crippen LogP contribution in [0.25, 0.3) is 0 Å². The summed E-state index contributed by atoms with van der Waals surface area (Å²) in [7, 11) is 2.26. The van der Waals surface area contributed by atoms with Gasteiger partial charge in [0.1, 0.15) is 11.9 Å². The van der Waals surface area contributed by atoms with Gasteiger partial charge in [-0.25, -0.2) is 0 Å². The van der Waals surface area contributed by atoms with Crippen molar-refractivity contribution in [2.24, 2.45) is 0 Å². The van der Waals surface area contributed by atoms with Crippen molar-refractivity contribution >= 4 is 0 Å². The van der Waals surface area contributed by atoms with Crippen molar-refractivity contribution in [2.75, 3.05) is 7.05 Å². The summed E-state index contributed by atoms with van der Waals surface area (Å²) in [5, 5.41) is 0. The molecule has 2 aliphatic heterocycles. The first-order valence-corrected chi connectivity index (χ1v) is 7.17. The van der Waals surface area contributed by atoms with E-state index in [9.17, 15) is 0 Å². The second kappa shape index (κ2) is 5.27. The maximum atomic E-state index is 6.14. The van der Waals surface area contributed by atoms with Crippen molar-refractivity contribution in [3.63, 3.8) is 0 Å². The minimum atomic E-state index is 0.386. The molecule has 2 heteroatoms. The Morgan fingerprint density at radius 3 is 2.32 bits per heavy atom. The van der Waals surface area contributed by atoms with Crippen LogP contribution in [-0.2, 0) is 0 Å². The molecule has 1 aromatic rings. The fraction of sp³-hybridized carbons (Fsp3) is 0.529. The second-order valence-corrected chi connectivity index (χ2v) is 5.66. The van der Waals surface area contributed by atoms with E-state index in [1.165, 1.54) is 25.7 Å². The lowest BCUT2D eigenvalue weighted by Crippen LogP contribution is -2.43. The molecule has 2 bridgehead atoms. The summed E-state index contributed by atoms with van der Waals surface area (Å²) < 4.78 is 6.14. The van der Waals surface area contributed by atoms with Crippen LogP contribution in [-0.4, -0.2) is 30.1 Å². The molecule has 0 spiro atoms. The molecule has 2 nitrogen and oxygen atoms in total. The molecular weight excluding hydrogens is 234 g/mol. The predicted molar refractivity (Wildman–Crippen MR) is 77.2 cm³/mol. The first-order valence-electron chi connectivity index (χ1n) is 7.17. The van der Waals surface area contributed by atoms with E-state index in [-0.39, 0.29) is 0 Å². The zero-order valence-corrected chi connectivity index (χ0v) is 11.7. The number of fused-ring (bicyclic) bond motifs is 2. The second-order valence-electron chi connectivity index (χ2n) is 5.66. The molecule has 2 atom stereocenters. The summed E-state index contributed by atoms with van der Waals surface area (Å²) in [5.74, 6) is 6.95. The highest BCUT2D eigenvalue weighted by molar-refractivity contribution is 5.38. The molecule has 1 aromatic carbocycles. The lowest BCUT2D eigenvalue weighted by molar-refractivity contribution is 0.0662. The van der Waals surface area contributed by atoms with Gasteiger partial charge in [-0.15, -0.1) is 5.92 Å². The van der Waals surface area contributed by atoms with E-state index in [1.807, 2.05) is 31.2 Å². The fourth-order valence-electron chi connectivity index (χ4n) is 3.41. The van der Waals surface area contributed by atoms with Gasteiger partial charge in [-0.2, -0.15) is 0 Å². The van der Waals surface area contributed by atoms with Crippen LogP contribution in [0.3, 0.4) is 0 Å². The first-order chi connectivity index (χ1) is 9.26. The van der Waals surface area contributed by atoms with Gasteiger partial charge in [0.25, 0.3) is 0 Å². The highest BCUT2D eigenvalue weighted by Crippen LogP contribution is 2.35. The van der Waals surface area contributed by atoms with E-state index in [2.05, 4.69) is 23.8 Å². The molecule has 2 fully saturated rings. The minimum absolute atomic E-state index is 0.386. The lowest BCUT2D eigenvalue weighted by atomic mass is 10.0. The van der Waals surface area contributed by atoms with Gasteiger partial charge in [0.05, 0.1) is 0 Å². The Bertz CT molecular complexity index is 482. The van der Waals surface area contributed by atoms with Crippen molar-refractivity contribution in [2.45, 2.75) is 50.8 Å². The zero-order chi connectivity index (χ0) is 13.2. The van der Waals surface area contributed by atoms with Gasteiger partial charge < -0.3 is 9.64 Å². The van der Waals surface area contributed by atoms with E-state index in [0.29, 0.717) is 6.10 Å². The van der Waals surface area contributed by atoms with E-state index in [1.54, 1.807) is 0 Å². The molecule has 0 radical (unpaired) electrons. The summed E-state index contributed by atoms with van der Waals surface area (Å²) >= 11 is 0. The van der Waals surface area contributed by atoms with Crippen LogP contribution in [0.5, 0.6) is 5.75 Å². The van der Waals surface area contributed by atoms with E-state index >= 15 is 0 Å². The number of rotatable bonds is 2. The molecule has 2 saturated heterocycles. The van der Waals surface area contributed by atoms with E-state index < -0.39 is 0 Å². The largest absolute Gasteiger partial charge is 0.490 e. The van der Waals surface area contributed by atoms with Gasteiger partial charge in [0.15, 0.2) is 0 Å². The number of hydrogen-bond acceptors (Lipinski definition) is 2. The van der Waals surface area contributed by atoms with Gasteiger partial charge in [0, 0.05) is 17.6 Å². The quantitative estimate of drug-likeness (QED) is 0.753. The van der Waals surface area contributed by atoms with Crippen molar-refractivity contribution in [3.8, 4) is 17.6 Å². The molecule has 2 heterocycles. The highest BCUT2D eigenvalue weighted by atomic mass is 16.5. The van der Waals surface area contributed by atoms with Crippen LogP contribution in [0, 0.1) is 11.8 Å². The third kappa shape index (κ3) is 2.62. The highest BCUT2D eigenvalue weighted by Gasteiger charge is 2.39. The molecule has 2 unspecified atom stereocenters. The van der Waals surface area contributed by atoms with Crippen LogP contribution >= 0.6 is 0 Å². The topological polar surface area (TPSA) is 12.5 Å². The summed E-state index contributed by atoms with van der Waals surface area (Å²) in [4.78, 5) is 2.54. The molecule has 100 valence electrons. The molecule has 0 saturated carbocycles. The van der Waals surface area contributed by atoms with Crippen LogP contribution < -0.4 is 4.74 Å². The van der Waals surface area contributed by atoms with Crippen molar-refractivity contribution in [1.82, 2.24) is 4.90 Å². The van der Waals surface area contributed by atoms with Gasteiger partial charge in [-0.05, 0) is 63.9 Å². The van der Waals surface area contributed by atoms with E-state index in [0.717, 1.165) is 23.4 Å². The predicted octanol–water partition coefficient (Wildman–Crippen LogP) is 3.06. The number of ether oxygens (including phenoxy) is 1. The summed E-state index contributed by atoms with van der Waals surface area (Å²) in [6.45, 7) is 1.86. The Hall–Kier alpha value is -1.46. The van der Waals surface area contributed by atoms with Crippen LogP contribution in [0.15, 0.2) is 24.3 Å². The fourth-order valence-corrected chi connectivity index (χ4v) is 3.41. The molecule has 2 aliphatic rings. The Labute approximate surface area is 115 Å². The normalized spacial score (nSPS) is 29.7. The van der Waals surface area contributed by atoms with Gasteiger partial charge >= 0.3 is 0 Å². The maximum absolute atomic E-state index is 6.14. The van der Waals surface area contributed by atoms with Crippen molar-refractivity contribution < 1.29 is 4.74 Å². The minimum Gasteiger partial charge on any atom is -0.490 e. The first kappa shape index (κ1) is 12.6. The summed E-state index contributed by atoms with van der Waals surface area (Å²) in [6.07, 6.45) is 5.40. The smallest absolute Gasteiger partial charge is 0.119 e. The third-order valence-electron chi connectivity index (χ3n) is 4.48. The molecule has 0 aromatic heterocycles. The molecular formula is C17H21NO. The Morgan fingerprint density at radius 2 is 1.74 bits per heavy atom. The Balaban J connectivity index is 1.64. The van der Waals surface area contributed by atoms with Crippen molar-refractivity contribution in [3.05, 3.63) is 29.8 Å². The summed E-state index contributed by atoms with van der Waals surface area (Å²) in [6, 6.07) is 9.62. The average Bonchev–Trinajstić information content (AvgIpc) is 2.64. The average molecular weight is 255 g/mol. The number of nitrogens with zero attached hydrogens (tertiary/aromatic N) is 1. The Kier molecular flexibility index (Phi) is 3.48. The number of hydrogen-bond donors (Lipinski definition) is 0. The molecule has 0 amide bonds. The van der Waals surface area contributed by atoms with Crippen LogP contribution in [0.2, 0.25) is 0 Å². The third-order valence-corrected chi connectivity index (χ3v) is 4.48. The van der Waals surface area contributed by atoms with Crippen molar-refractivity contribution in [1.29, 1.82) is 0 Å². The number of benzene rings is 1. The number of piperidine rings is 1. The Morgan fingerprint density at radius 1 is 1.11 bits per heavy atom. The lowest BCUT2D eigenvalue weighted by Gasteiger charge is -2.36. The molecule has 0 N–H and O–H groups in total. The molecule has 0 aliphatic carbocycles. The van der Waals surface area contributed by atoms with Gasteiger partial charge in [0.2, 0.25) is 0 Å². The van der Waals surface area contributed by atoms with Gasteiger partial charge in [-0.3, -0.25) is 0 Å². The van der Waals surface area contributed by atoms with E-state index in [4.69, 9.17) is 4.74 Å². The van der Waals surface area contributed by atoms with Crippen LogP contribution in [0.1, 0.15) is 38.2 Å². The molecule has 3 rings (SSSR count). The zero-order valence-electron chi connectivity index (χ0n) is 11.7. The maximum Gasteiger partial charge on any atom is 0.119 e. The van der Waals surface area contributed by atoms with Gasteiger partial charge in [-0.1, -0.05) is 5.92 Å². The monoisotopic (exact) mass is 255 g/mol. The molecule has 19 heavy (non-hydrogen) atoms. The van der Waals surface area contributed by atoms with Crippen LogP contribution in [0.4, 0.5) is 0 Å². The SMILES string of the molecule is CC#Cc1ccc(OC2CC3CCC(C2)N3C)cc1.